The van der Waals surface area contributed by atoms with Gasteiger partial charge in [-0.05, 0) is 29.6 Å². The van der Waals surface area contributed by atoms with E-state index < -0.39 is 0 Å². The maximum Gasteiger partial charge on any atom is 0.252 e. The molecule has 0 atom stereocenters. The van der Waals surface area contributed by atoms with E-state index >= 15 is 0 Å². The number of carbonyl (C=O) groups excluding carboxylic acids is 2. The minimum Gasteiger partial charge on any atom is -0.351 e. The third kappa shape index (κ3) is 3.85. The Morgan fingerprint density at radius 3 is 2.88 bits per heavy atom. The van der Waals surface area contributed by atoms with Crippen molar-refractivity contribution in [3.63, 3.8) is 0 Å². The van der Waals surface area contributed by atoms with E-state index in [1.807, 2.05) is 5.38 Å². The third-order valence-corrected chi connectivity index (χ3v) is 3.89. The molecule has 2 N–H and O–H groups in total. The average molecular weight is 341 g/mol. The zero-order valence-corrected chi connectivity index (χ0v) is 13.5. The second-order valence-electron chi connectivity index (χ2n) is 4.89. The van der Waals surface area contributed by atoms with Gasteiger partial charge < -0.3 is 10.6 Å². The molecule has 24 heavy (non-hydrogen) atoms. The molecule has 122 valence electrons. The number of amides is 2. The van der Waals surface area contributed by atoms with Crippen molar-refractivity contribution >= 4 is 28.8 Å². The Bertz CT molecular complexity index is 815. The van der Waals surface area contributed by atoms with Crippen molar-refractivity contribution in [2.45, 2.75) is 6.42 Å². The molecule has 0 aromatic carbocycles. The Kier molecular flexibility index (Phi) is 4.97. The summed E-state index contributed by atoms with van der Waals surface area (Å²) in [5.74, 6) is 0.155. The molecule has 3 rings (SSSR count). The van der Waals surface area contributed by atoms with Crippen molar-refractivity contribution in [2.75, 3.05) is 11.9 Å². The van der Waals surface area contributed by atoms with Gasteiger partial charge in [0.1, 0.15) is 0 Å². The Hall–Kier alpha value is -3.00. The van der Waals surface area contributed by atoms with Crippen LogP contribution in [0, 0.1) is 0 Å². The van der Waals surface area contributed by atoms with Crippen LogP contribution in [0.4, 0.5) is 5.69 Å². The second-order valence-corrected chi connectivity index (χ2v) is 5.67. The van der Waals surface area contributed by atoms with Crippen LogP contribution in [0.1, 0.15) is 16.8 Å². The van der Waals surface area contributed by atoms with Crippen LogP contribution in [0.3, 0.4) is 0 Å². The highest BCUT2D eigenvalue weighted by Crippen LogP contribution is 2.16. The Morgan fingerprint density at radius 2 is 2.12 bits per heavy atom. The first-order valence-electron chi connectivity index (χ1n) is 7.29. The molecule has 0 radical (unpaired) electrons. The summed E-state index contributed by atoms with van der Waals surface area (Å²) in [6, 6.07) is 7.01. The van der Waals surface area contributed by atoms with Crippen LogP contribution in [-0.2, 0) is 4.79 Å². The lowest BCUT2D eigenvalue weighted by Crippen LogP contribution is -2.27. The molecule has 8 heteroatoms. The normalized spacial score (nSPS) is 10.3. The van der Waals surface area contributed by atoms with Gasteiger partial charge in [-0.25, -0.2) is 9.67 Å². The highest BCUT2D eigenvalue weighted by molar-refractivity contribution is 7.08. The molecule has 2 amide bonds. The molecule has 3 heterocycles. The molecule has 0 spiro atoms. The van der Waals surface area contributed by atoms with E-state index in [0.717, 1.165) is 0 Å². The Morgan fingerprint density at radius 1 is 1.21 bits per heavy atom. The molecule has 0 unspecified atom stereocenters. The number of rotatable bonds is 6. The van der Waals surface area contributed by atoms with Crippen LogP contribution in [0.15, 0.2) is 53.6 Å². The molecule has 0 saturated carbocycles. The monoisotopic (exact) mass is 341 g/mol. The zero-order valence-electron chi connectivity index (χ0n) is 12.7. The van der Waals surface area contributed by atoms with E-state index in [9.17, 15) is 9.59 Å². The van der Waals surface area contributed by atoms with E-state index in [1.54, 1.807) is 52.9 Å². The zero-order chi connectivity index (χ0) is 16.8. The van der Waals surface area contributed by atoms with Crippen LogP contribution >= 0.6 is 11.3 Å². The van der Waals surface area contributed by atoms with Crippen molar-refractivity contribution < 1.29 is 9.59 Å². The molecule has 0 fully saturated rings. The maximum atomic E-state index is 12.1. The molecule has 0 bridgehead atoms. The van der Waals surface area contributed by atoms with Gasteiger partial charge in [0.2, 0.25) is 5.91 Å². The predicted octanol–water partition coefficient (Wildman–Crippen LogP) is 2.09. The van der Waals surface area contributed by atoms with Gasteiger partial charge in [-0.2, -0.15) is 16.4 Å². The number of carbonyl (C=O) groups is 2. The van der Waals surface area contributed by atoms with Crippen LogP contribution in [0.2, 0.25) is 0 Å². The predicted molar refractivity (Wildman–Crippen MR) is 91.3 cm³/mol. The molecule has 0 saturated heterocycles. The summed E-state index contributed by atoms with van der Waals surface area (Å²) < 4.78 is 1.58. The largest absolute Gasteiger partial charge is 0.351 e. The SMILES string of the molecule is O=C(CCNC(=O)c1ccsc1)Nc1cccnc1-n1cccn1. The number of hydrogen-bond acceptors (Lipinski definition) is 5. The van der Waals surface area contributed by atoms with Gasteiger partial charge in [-0.15, -0.1) is 0 Å². The van der Waals surface area contributed by atoms with E-state index in [1.165, 1.54) is 11.3 Å². The minimum atomic E-state index is -0.206. The number of thiophene rings is 1. The van der Waals surface area contributed by atoms with Gasteiger partial charge in [0.25, 0.3) is 5.91 Å². The van der Waals surface area contributed by atoms with Gasteiger partial charge in [-0.3, -0.25) is 9.59 Å². The van der Waals surface area contributed by atoms with E-state index in [-0.39, 0.29) is 24.8 Å². The van der Waals surface area contributed by atoms with Crippen molar-refractivity contribution in [1.82, 2.24) is 20.1 Å². The number of anilines is 1. The first-order valence-corrected chi connectivity index (χ1v) is 8.23. The first-order chi connectivity index (χ1) is 11.7. The number of nitrogens with one attached hydrogen (secondary N) is 2. The maximum absolute atomic E-state index is 12.1. The fourth-order valence-corrected chi connectivity index (χ4v) is 2.71. The summed E-state index contributed by atoms with van der Waals surface area (Å²) >= 11 is 1.45. The molecular formula is C16H15N5O2S. The fraction of sp³-hybridized carbons (Fsp3) is 0.125. The highest BCUT2D eigenvalue weighted by Gasteiger charge is 2.10. The highest BCUT2D eigenvalue weighted by atomic mass is 32.1. The van der Waals surface area contributed by atoms with Gasteiger partial charge in [0, 0.05) is 42.5 Å². The number of pyridine rings is 1. The van der Waals surface area contributed by atoms with Crippen molar-refractivity contribution in [3.05, 3.63) is 59.2 Å². The molecule has 3 aromatic heterocycles. The summed E-state index contributed by atoms with van der Waals surface area (Å²) in [4.78, 5) is 28.1. The molecule has 0 aliphatic rings. The van der Waals surface area contributed by atoms with Crippen molar-refractivity contribution in [2.24, 2.45) is 0 Å². The van der Waals surface area contributed by atoms with Gasteiger partial charge in [-0.1, -0.05) is 0 Å². The Labute approximate surface area is 142 Å². The summed E-state index contributed by atoms with van der Waals surface area (Å²) in [5, 5.41) is 13.2. The standard InChI is InChI=1S/C16H15N5O2S/c22-14(4-8-18-16(23)12-5-10-24-11-12)20-13-3-1-6-17-15(13)21-9-2-7-19-21/h1-3,5-7,9-11H,4,8H2,(H,18,23)(H,20,22). The fourth-order valence-electron chi connectivity index (χ4n) is 2.07. The average Bonchev–Trinajstić information content (AvgIpc) is 3.29. The van der Waals surface area contributed by atoms with E-state index in [2.05, 4.69) is 20.7 Å². The topological polar surface area (TPSA) is 88.9 Å². The third-order valence-electron chi connectivity index (χ3n) is 3.20. The van der Waals surface area contributed by atoms with Crippen molar-refractivity contribution in [3.8, 4) is 5.82 Å². The van der Waals surface area contributed by atoms with Crippen molar-refractivity contribution in [1.29, 1.82) is 0 Å². The summed E-state index contributed by atoms with van der Waals surface area (Å²) in [6.45, 7) is 0.262. The van der Waals surface area contributed by atoms with Gasteiger partial charge >= 0.3 is 0 Å². The van der Waals surface area contributed by atoms with Gasteiger partial charge in [0.15, 0.2) is 5.82 Å². The first kappa shape index (κ1) is 15.9. The second kappa shape index (κ2) is 7.51. The lowest BCUT2D eigenvalue weighted by Gasteiger charge is -2.10. The molecular weight excluding hydrogens is 326 g/mol. The van der Waals surface area contributed by atoms with Crippen LogP contribution in [0.25, 0.3) is 5.82 Å². The van der Waals surface area contributed by atoms with E-state index in [0.29, 0.717) is 17.1 Å². The molecule has 3 aromatic rings. The van der Waals surface area contributed by atoms with Gasteiger partial charge in [0.05, 0.1) is 5.69 Å². The molecule has 0 aliphatic carbocycles. The van der Waals surface area contributed by atoms with E-state index in [4.69, 9.17) is 0 Å². The smallest absolute Gasteiger partial charge is 0.252 e. The Balaban J connectivity index is 1.55. The minimum absolute atomic E-state index is 0.170. The number of hydrogen-bond donors (Lipinski definition) is 2. The van der Waals surface area contributed by atoms with Crippen LogP contribution in [-0.4, -0.2) is 33.1 Å². The quantitative estimate of drug-likeness (QED) is 0.718. The lowest BCUT2D eigenvalue weighted by atomic mass is 10.3. The molecule has 7 nitrogen and oxygen atoms in total. The number of nitrogens with zero attached hydrogens (tertiary/aromatic N) is 3. The lowest BCUT2D eigenvalue weighted by molar-refractivity contribution is -0.116. The summed E-state index contributed by atoms with van der Waals surface area (Å²) in [7, 11) is 0. The summed E-state index contributed by atoms with van der Waals surface area (Å²) in [6.07, 6.45) is 5.19. The number of aromatic nitrogens is 3. The van der Waals surface area contributed by atoms with Crippen LogP contribution < -0.4 is 10.6 Å². The van der Waals surface area contributed by atoms with Crippen LogP contribution in [0.5, 0.6) is 0 Å². The summed E-state index contributed by atoms with van der Waals surface area (Å²) in [5.41, 5.74) is 1.17. The molecule has 0 aliphatic heterocycles.